The van der Waals surface area contributed by atoms with Gasteiger partial charge in [0.05, 0.1) is 13.2 Å². The zero-order valence-electron chi connectivity index (χ0n) is 10.3. The molecule has 0 unspecified atom stereocenters. The van der Waals surface area contributed by atoms with E-state index in [1.165, 1.54) is 5.56 Å². The Morgan fingerprint density at radius 2 is 1.94 bits per heavy atom. The molecule has 0 atom stereocenters. The fourth-order valence-corrected chi connectivity index (χ4v) is 1.92. The number of carbonyl (C=O) groups is 1. The Balaban J connectivity index is 1.84. The number of carboxylic acids is 1. The first-order valence-corrected chi connectivity index (χ1v) is 6.09. The van der Waals surface area contributed by atoms with Crippen LogP contribution in [0.1, 0.15) is 5.56 Å². The number of nitrogens with one attached hydrogen (secondary N) is 1. The third kappa shape index (κ3) is 4.01. The molecule has 0 aromatic heterocycles. The fourth-order valence-electron chi connectivity index (χ4n) is 1.92. The van der Waals surface area contributed by atoms with Gasteiger partial charge in [0.25, 0.3) is 0 Å². The van der Waals surface area contributed by atoms with Crippen molar-refractivity contribution in [3.05, 3.63) is 29.8 Å². The average molecular weight is 250 g/mol. The number of benzene rings is 1. The topological polar surface area (TPSA) is 61.8 Å². The van der Waals surface area contributed by atoms with E-state index in [4.69, 9.17) is 9.84 Å². The molecule has 1 aromatic rings. The SMILES string of the molecule is O=C(O)CNc1ccc(CN2CCOCC2)cc1. The number of carboxylic acid groups (broad SMARTS) is 1. The lowest BCUT2D eigenvalue weighted by atomic mass is 10.2. The standard InChI is InChI=1S/C13H18N2O3/c16-13(17)9-14-12-3-1-11(2-4-12)10-15-5-7-18-8-6-15/h1-4,14H,5-10H2,(H,16,17). The van der Waals surface area contributed by atoms with Crippen molar-refractivity contribution in [1.29, 1.82) is 0 Å². The number of aliphatic carboxylic acids is 1. The summed E-state index contributed by atoms with van der Waals surface area (Å²) in [6.07, 6.45) is 0. The number of rotatable bonds is 5. The highest BCUT2D eigenvalue weighted by molar-refractivity contribution is 5.72. The minimum Gasteiger partial charge on any atom is -0.480 e. The average Bonchev–Trinajstić information content (AvgIpc) is 2.39. The number of nitrogens with zero attached hydrogens (tertiary/aromatic N) is 1. The van der Waals surface area contributed by atoms with Gasteiger partial charge in [0.2, 0.25) is 0 Å². The Kier molecular flexibility index (Phi) is 4.55. The van der Waals surface area contributed by atoms with Crippen molar-refractivity contribution < 1.29 is 14.6 Å². The van der Waals surface area contributed by atoms with Gasteiger partial charge in [-0.1, -0.05) is 12.1 Å². The quantitative estimate of drug-likeness (QED) is 0.817. The molecule has 0 bridgehead atoms. The molecule has 5 heteroatoms. The van der Waals surface area contributed by atoms with E-state index in [1.807, 2.05) is 24.3 Å². The molecule has 1 aliphatic heterocycles. The summed E-state index contributed by atoms with van der Waals surface area (Å²) >= 11 is 0. The van der Waals surface area contributed by atoms with Crippen LogP contribution < -0.4 is 5.32 Å². The van der Waals surface area contributed by atoms with Gasteiger partial charge in [0, 0.05) is 25.3 Å². The number of ether oxygens (including phenoxy) is 1. The van der Waals surface area contributed by atoms with Crippen LogP contribution in [-0.4, -0.2) is 48.8 Å². The molecule has 5 nitrogen and oxygen atoms in total. The Bertz CT molecular complexity index is 386. The summed E-state index contributed by atoms with van der Waals surface area (Å²) in [6.45, 7) is 4.42. The van der Waals surface area contributed by atoms with Crippen molar-refractivity contribution in [2.45, 2.75) is 6.54 Å². The van der Waals surface area contributed by atoms with Crippen molar-refractivity contribution in [2.75, 3.05) is 38.2 Å². The maximum Gasteiger partial charge on any atom is 0.322 e. The molecule has 1 heterocycles. The van der Waals surface area contributed by atoms with Crippen LogP contribution in [0.2, 0.25) is 0 Å². The number of hydrogen-bond donors (Lipinski definition) is 2. The molecule has 0 amide bonds. The van der Waals surface area contributed by atoms with Crippen LogP contribution in [0, 0.1) is 0 Å². The van der Waals surface area contributed by atoms with E-state index in [-0.39, 0.29) is 6.54 Å². The Labute approximate surface area is 106 Å². The lowest BCUT2D eigenvalue weighted by Gasteiger charge is -2.26. The molecule has 1 aliphatic rings. The van der Waals surface area contributed by atoms with Gasteiger partial charge in [0.1, 0.15) is 6.54 Å². The van der Waals surface area contributed by atoms with Crippen LogP contribution in [-0.2, 0) is 16.1 Å². The largest absolute Gasteiger partial charge is 0.480 e. The van der Waals surface area contributed by atoms with E-state index in [9.17, 15) is 4.79 Å². The minimum absolute atomic E-state index is 0.0528. The predicted molar refractivity (Wildman–Crippen MR) is 68.7 cm³/mol. The van der Waals surface area contributed by atoms with Crippen LogP contribution in [0.5, 0.6) is 0 Å². The molecular weight excluding hydrogens is 232 g/mol. The minimum atomic E-state index is -0.854. The van der Waals surface area contributed by atoms with Gasteiger partial charge in [-0.3, -0.25) is 9.69 Å². The van der Waals surface area contributed by atoms with Crippen molar-refractivity contribution in [1.82, 2.24) is 4.90 Å². The summed E-state index contributed by atoms with van der Waals surface area (Å²) in [5.41, 5.74) is 2.07. The summed E-state index contributed by atoms with van der Waals surface area (Å²) in [4.78, 5) is 12.8. The molecule has 0 aliphatic carbocycles. The Morgan fingerprint density at radius 1 is 1.28 bits per heavy atom. The van der Waals surface area contributed by atoms with E-state index < -0.39 is 5.97 Å². The van der Waals surface area contributed by atoms with Gasteiger partial charge in [-0.15, -0.1) is 0 Å². The van der Waals surface area contributed by atoms with Gasteiger partial charge in [-0.05, 0) is 17.7 Å². The zero-order chi connectivity index (χ0) is 12.8. The smallest absolute Gasteiger partial charge is 0.322 e. The fraction of sp³-hybridized carbons (Fsp3) is 0.462. The molecule has 0 saturated carbocycles. The summed E-state index contributed by atoms with van der Waals surface area (Å²) in [5, 5.41) is 11.4. The summed E-state index contributed by atoms with van der Waals surface area (Å²) < 4.78 is 5.30. The van der Waals surface area contributed by atoms with Crippen molar-refractivity contribution in [3.63, 3.8) is 0 Å². The van der Waals surface area contributed by atoms with E-state index in [0.29, 0.717) is 0 Å². The summed E-state index contributed by atoms with van der Waals surface area (Å²) in [5.74, 6) is -0.854. The van der Waals surface area contributed by atoms with Crippen LogP contribution in [0.3, 0.4) is 0 Å². The Hall–Kier alpha value is -1.59. The molecule has 2 N–H and O–H groups in total. The molecule has 2 rings (SSSR count). The van der Waals surface area contributed by atoms with E-state index in [0.717, 1.165) is 38.5 Å². The molecule has 1 fully saturated rings. The molecule has 1 saturated heterocycles. The van der Waals surface area contributed by atoms with Crippen molar-refractivity contribution >= 4 is 11.7 Å². The molecule has 98 valence electrons. The first-order chi connectivity index (χ1) is 8.74. The second-order valence-corrected chi connectivity index (χ2v) is 4.33. The van der Waals surface area contributed by atoms with Crippen molar-refractivity contribution in [3.8, 4) is 0 Å². The first kappa shape index (κ1) is 12.9. The number of morpholine rings is 1. The third-order valence-electron chi connectivity index (χ3n) is 2.91. The zero-order valence-corrected chi connectivity index (χ0v) is 10.3. The van der Waals surface area contributed by atoms with Crippen LogP contribution in [0.4, 0.5) is 5.69 Å². The van der Waals surface area contributed by atoms with E-state index in [2.05, 4.69) is 10.2 Å². The third-order valence-corrected chi connectivity index (χ3v) is 2.91. The van der Waals surface area contributed by atoms with Crippen LogP contribution in [0.25, 0.3) is 0 Å². The predicted octanol–water partition coefficient (Wildman–Crippen LogP) is 1.02. The highest BCUT2D eigenvalue weighted by atomic mass is 16.5. The van der Waals surface area contributed by atoms with Crippen LogP contribution >= 0.6 is 0 Å². The van der Waals surface area contributed by atoms with E-state index in [1.54, 1.807) is 0 Å². The monoisotopic (exact) mass is 250 g/mol. The van der Waals surface area contributed by atoms with Gasteiger partial charge in [-0.25, -0.2) is 0 Å². The molecule has 18 heavy (non-hydrogen) atoms. The van der Waals surface area contributed by atoms with Gasteiger partial charge < -0.3 is 15.2 Å². The summed E-state index contributed by atoms with van der Waals surface area (Å²) in [7, 11) is 0. The normalized spacial score (nSPS) is 16.4. The molecule has 0 spiro atoms. The molecule has 1 aromatic carbocycles. The Morgan fingerprint density at radius 3 is 2.56 bits per heavy atom. The highest BCUT2D eigenvalue weighted by Crippen LogP contribution is 2.12. The summed E-state index contributed by atoms with van der Waals surface area (Å²) in [6, 6.07) is 7.89. The maximum atomic E-state index is 10.4. The van der Waals surface area contributed by atoms with Crippen molar-refractivity contribution in [2.24, 2.45) is 0 Å². The highest BCUT2D eigenvalue weighted by Gasteiger charge is 2.10. The lowest BCUT2D eigenvalue weighted by molar-refractivity contribution is -0.134. The van der Waals surface area contributed by atoms with Gasteiger partial charge >= 0.3 is 5.97 Å². The van der Waals surface area contributed by atoms with Gasteiger partial charge in [-0.2, -0.15) is 0 Å². The maximum absolute atomic E-state index is 10.4. The molecular formula is C13H18N2O3. The van der Waals surface area contributed by atoms with Crippen LogP contribution in [0.15, 0.2) is 24.3 Å². The first-order valence-electron chi connectivity index (χ1n) is 6.09. The lowest BCUT2D eigenvalue weighted by Crippen LogP contribution is -2.35. The second-order valence-electron chi connectivity index (χ2n) is 4.33. The number of anilines is 1. The number of hydrogen-bond acceptors (Lipinski definition) is 4. The molecule has 0 radical (unpaired) electrons. The second kappa shape index (κ2) is 6.37. The van der Waals surface area contributed by atoms with E-state index >= 15 is 0 Å². The van der Waals surface area contributed by atoms with Gasteiger partial charge in [0.15, 0.2) is 0 Å².